The summed E-state index contributed by atoms with van der Waals surface area (Å²) in [6, 6.07) is 0. The standard InChI is InChI=1S/C72H132O6/c1-4-7-10-13-16-19-22-25-28-31-33-35-36-38-39-41-44-47-50-53-56-59-62-65-71(74)77-68-69(67-76-70(73)64-61-58-55-52-49-46-43-30-27-24-21-18-15-12-9-6-3)78-72(75)66-63-60-57-54-51-48-45-42-40-37-34-32-29-26-23-20-17-14-11-8-5-2/h21-22,24-25,30-31,33,43,69H,4-20,23,26-29,32,34-42,44-68H2,1-3H3/b24-21-,25-22-,33-31-,43-30-. The Morgan fingerprint density at radius 1 is 0.256 bits per heavy atom. The molecule has 0 aromatic carbocycles. The maximum absolute atomic E-state index is 13.0. The molecule has 0 bridgehead atoms. The van der Waals surface area contributed by atoms with Crippen LogP contribution >= 0.6 is 0 Å². The van der Waals surface area contributed by atoms with Crippen molar-refractivity contribution in [2.75, 3.05) is 13.2 Å². The molecule has 0 aromatic rings. The maximum Gasteiger partial charge on any atom is 0.306 e. The highest BCUT2D eigenvalue weighted by atomic mass is 16.6. The van der Waals surface area contributed by atoms with Crippen LogP contribution in [0, 0.1) is 0 Å². The molecular formula is C72H132O6. The van der Waals surface area contributed by atoms with Gasteiger partial charge in [0.1, 0.15) is 13.2 Å². The minimum atomic E-state index is -0.779. The second-order valence-corrected chi connectivity index (χ2v) is 23.4. The number of carbonyl (C=O) groups is 3. The predicted molar refractivity (Wildman–Crippen MR) is 339 cm³/mol. The lowest BCUT2D eigenvalue weighted by Gasteiger charge is -2.18. The molecule has 1 atom stereocenters. The van der Waals surface area contributed by atoms with E-state index < -0.39 is 6.10 Å². The van der Waals surface area contributed by atoms with Gasteiger partial charge in [-0.05, 0) is 83.5 Å². The van der Waals surface area contributed by atoms with Gasteiger partial charge in [0, 0.05) is 19.3 Å². The molecule has 456 valence electrons. The molecular weight excluding hydrogens is 961 g/mol. The molecule has 0 heterocycles. The van der Waals surface area contributed by atoms with Crippen LogP contribution in [0.1, 0.15) is 374 Å². The minimum Gasteiger partial charge on any atom is -0.462 e. The molecule has 0 saturated heterocycles. The van der Waals surface area contributed by atoms with E-state index in [9.17, 15) is 14.4 Å². The lowest BCUT2D eigenvalue weighted by Crippen LogP contribution is -2.30. The highest BCUT2D eigenvalue weighted by molar-refractivity contribution is 5.71. The first-order valence-electron chi connectivity index (χ1n) is 34.6. The number of unbranched alkanes of at least 4 members (excludes halogenated alkanes) is 45. The zero-order chi connectivity index (χ0) is 56.4. The molecule has 0 amide bonds. The van der Waals surface area contributed by atoms with Gasteiger partial charge in [0.25, 0.3) is 0 Å². The summed E-state index contributed by atoms with van der Waals surface area (Å²) in [5.74, 6) is -0.865. The molecule has 6 nitrogen and oxygen atoms in total. The van der Waals surface area contributed by atoms with Crippen LogP contribution in [0.15, 0.2) is 48.6 Å². The Bertz CT molecular complexity index is 1350. The van der Waals surface area contributed by atoms with Crippen LogP contribution in [0.3, 0.4) is 0 Å². The van der Waals surface area contributed by atoms with Crippen LogP contribution in [-0.4, -0.2) is 37.2 Å². The predicted octanol–water partition coefficient (Wildman–Crippen LogP) is 23.7. The lowest BCUT2D eigenvalue weighted by atomic mass is 10.0. The number of hydrogen-bond acceptors (Lipinski definition) is 6. The Hall–Kier alpha value is -2.63. The van der Waals surface area contributed by atoms with Gasteiger partial charge in [-0.3, -0.25) is 14.4 Å². The third-order valence-corrected chi connectivity index (χ3v) is 15.6. The fourth-order valence-corrected chi connectivity index (χ4v) is 10.3. The van der Waals surface area contributed by atoms with Gasteiger partial charge in [-0.2, -0.15) is 0 Å². The van der Waals surface area contributed by atoms with E-state index in [0.29, 0.717) is 19.3 Å². The minimum absolute atomic E-state index is 0.0748. The van der Waals surface area contributed by atoms with Crippen LogP contribution in [-0.2, 0) is 28.6 Å². The maximum atomic E-state index is 13.0. The summed E-state index contributed by atoms with van der Waals surface area (Å²) in [6.07, 6.45) is 84.1. The first-order valence-corrected chi connectivity index (χ1v) is 34.6. The molecule has 0 aliphatic carbocycles. The van der Waals surface area contributed by atoms with Crippen LogP contribution in [0.25, 0.3) is 0 Å². The first-order chi connectivity index (χ1) is 38.5. The van der Waals surface area contributed by atoms with Gasteiger partial charge in [0.05, 0.1) is 0 Å². The van der Waals surface area contributed by atoms with E-state index >= 15 is 0 Å². The SMILES string of the molecule is CCCCCC/C=C\C/C=C\CCCCCCCC(=O)OCC(COC(=O)CCCCCCCCCCCCC/C=C\C/C=C\CCCCCCC)OC(=O)CCCCCCCCCCCCCCCCCCCCCCC. The third kappa shape index (κ3) is 64.2. The van der Waals surface area contributed by atoms with Gasteiger partial charge in [-0.25, -0.2) is 0 Å². The third-order valence-electron chi connectivity index (χ3n) is 15.6. The number of esters is 3. The van der Waals surface area contributed by atoms with E-state index in [4.69, 9.17) is 14.2 Å². The fourth-order valence-electron chi connectivity index (χ4n) is 10.3. The number of rotatable bonds is 64. The summed E-state index contributed by atoms with van der Waals surface area (Å²) in [6.45, 7) is 6.67. The van der Waals surface area contributed by atoms with Crippen LogP contribution < -0.4 is 0 Å². The van der Waals surface area contributed by atoms with Crippen molar-refractivity contribution in [1.82, 2.24) is 0 Å². The van der Waals surface area contributed by atoms with Crippen molar-refractivity contribution in [3.05, 3.63) is 48.6 Å². The van der Waals surface area contributed by atoms with Crippen molar-refractivity contribution in [3.63, 3.8) is 0 Å². The Labute approximate surface area is 486 Å². The zero-order valence-corrected chi connectivity index (χ0v) is 52.5. The molecule has 78 heavy (non-hydrogen) atoms. The average Bonchev–Trinajstić information content (AvgIpc) is 3.44. The number of allylic oxidation sites excluding steroid dienone is 8. The molecule has 0 aromatic heterocycles. The van der Waals surface area contributed by atoms with Crippen molar-refractivity contribution < 1.29 is 28.6 Å². The highest BCUT2D eigenvalue weighted by Gasteiger charge is 2.19. The van der Waals surface area contributed by atoms with Crippen molar-refractivity contribution in [3.8, 4) is 0 Å². The molecule has 0 spiro atoms. The summed E-state index contributed by atoms with van der Waals surface area (Å²) in [4.78, 5) is 38.4. The van der Waals surface area contributed by atoms with E-state index in [-0.39, 0.29) is 31.1 Å². The Balaban J connectivity index is 4.32. The Morgan fingerprint density at radius 2 is 0.462 bits per heavy atom. The van der Waals surface area contributed by atoms with E-state index in [1.165, 1.54) is 250 Å². The highest BCUT2D eigenvalue weighted by Crippen LogP contribution is 2.18. The molecule has 0 rings (SSSR count). The van der Waals surface area contributed by atoms with Gasteiger partial charge in [0.15, 0.2) is 6.10 Å². The Morgan fingerprint density at radius 3 is 0.718 bits per heavy atom. The summed E-state index contributed by atoms with van der Waals surface area (Å²) in [5.41, 5.74) is 0. The Kier molecular flexibility index (Phi) is 64.6. The summed E-state index contributed by atoms with van der Waals surface area (Å²) >= 11 is 0. The summed E-state index contributed by atoms with van der Waals surface area (Å²) in [7, 11) is 0. The molecule has 6 heteroatoms. The van der Waals surface area contributed by atoms with Crippen molar-refractivity contribution >= 4 is 17.9 Å². The van der Waals surface area contributed by atoms with E-state index in [1.807, 2.05) is 0 Å². The van der Waals surface area contributed by atoms with E-state index in [0.717, 1.165) is 83.5 Å². The molecule has 0 N–H and O–H groups in total. The van der Waals surface area contributed by atoms with Crippen molar-refractivity contribution in [2.24, 2.45) is 0 Å². The summed E-state index contributed by atoms with van der Waals surface area (Å²) < 4.78 is 17.0. The quantitative estimate of drug-likeness (QED) is 0.0261. The van der Waals surface area contributed by atoms with E-state index in [2.05, 4.69) is 69.4 Å². The smallest absolute Gasteiger partial charge is 0.306 e. The molecule has 0 aliphatic heterocycles. The number of carbonyl (C=O) groups excluding carboxylic acids is 3. The molecule has 0 aliphatic rings. The van der Waals surface area contributed by atoms with Crippen LogP contribution in [0.2, 0.25) is 0 Å². The van der Waals surface area contributed by atoms with E-state index in [1.54, 1.807) is 0 Å². The van der Waals surface area contributed by atoms with Gasteiger partial charge in [-0.1, -0.05) is 320 Å². The largest absolute Gasteiger partial charge is 0.462 e. The topological polar surface area (TPSA) is 78.9 Å². The fraction of sp³-hybridized carbons (Fsp3) is 0.847. The van der Waals surface area contributed by atoms with Crippen molar-refractivity contribution in [1.29, 1.82) is 0 Å². The van der Waals surface area contributed by atoms with Gasteiger partial charge >= 0.3 is 17.9 Å². The van der Waals surface area contributed by atoms with Crippen LogP contribution in [0.5, 0.6) is 0 Å². The van der Waals surface area contributed by atoms with Crippen LogP contribution in [0.4, 0.5) is 0 Å². The molecule has 0 fully saturated rings. The number of hydrogen-bond donors (Lipinski definition) is 0. The zero-order valence-electron chi connectivity index (χ0n) is 52.5. The normalized spacial score (nSPS) is 12.3. The molecule has 0 radical (unpaired) electrons. The number of ether oxygens (including phenoxy) is 3. The molecule has 1 unspecified atom stereocenters. The second-order valence-electron chi connectivity index (χ2n) is 23.4. The first kappa shape index (κ1) is 75.4. The molecule has 0 saturated carbocycles. The summed E-state index contributed by atoms with van der Waals surface area (Å²) in [5, 5.41) is 0. The van der Waals surface area contributed by atoms with Gasteiger partial charge < -0.3 is 14.2 Å². The average molecular weight is 1090 g/mol. The monoisotopic (exact) mass is 1090 g/mol. The second kappa shape index (κ2) is 66.9. The van der Waals surface area contributed by atoms with Crippen molar-refractivity contribution in [2.45, 2.75) is 380 Å². The lowest BCUT2D eigenvalue weighted by molar-refractivity contribution is -0.167. The van der Waals surface area contributed by atoms with Gasteiger partial charge in [0.2, 0.25) is 0 Å². The van der Waals surface area contributed by atoms with Gasteiger partial charge in [-0.15, -0.1) is 0 Å².